The molecule has 0 radical (unpaired) electrons. The lowest BCUT2D eigenvalue weighted by Crippen LogP contribution is -2.29. The molecule has 2 aromatic heterocycles. The molecule has 10 heteroatoms. The molecule has 1 aliphatic carbocycles. The Hall–Kier alpha value is -3.95. The van der Waals surface area contributed by atoms with Gasteiger partial charge in [0.2, 0.25) is 0 Å². The molecule has 10 nitrogen and oxygen atoms in total. The first-order valence-corrected chi connectivity index (χ1v) is 12.6. The van der Waals surface area contributed by atoms with Crippen LogP contribution in [0.15, 0.2) is 42.5 Å². The normalized spacial score (nSPS) is 17.3. The van der Waals surface area contributed by atoms with Crippen molar-refractivity contribution in [2.24, 2.45) is 13.0 Å². The second-order valence-electron chi connectivity index (χ2n) is 9.34. The number of pyridine rings is 1. The van der Waals surface area contributed by atoms with Crippen LogP contribution in [0.3, 0.4) is 0 Å². The molecule has 1 amide bonds. The Bertz CT molecular complexity index is 1230. The molecule has 1 fully saturated rings. The molecule has 3 aromatic rings. The predicted molar refractivity (Wildman–Crippen MR) is 136 cm³/mol. The van der Waals surface area contributed by atoms with Crippen LogP contribution in [-0.2, 0) is 36.2 Å². The van der Waals surface area contributed by atoms with Crippen LogP contribution in [0.4, 0.5) is 4.79 Å². The number of amides is 1. The molecule has 0 spiro atoms. The maximum absolute atomic E-state index is 12.6. The summed E-state index contributed by atoms with van der Waals surface area (Å²) >= 11 is 0. The number of carbonyl (C=O) groups is 2. The molecule has 1 N–H and O–H groups in total. The van der Waals surface area contributed by atoms with Crippen molar-refractivity contribution in [3.63, 3.8) is 0 Å². The van der Waals surface area contributed by atoms with Gasteiger partial charge in [-0.15, -0.1) is 5.10 Å². The first kappa shape index (κ1) is 26.1. The van der Waals surface area contributed by atoms with E-state index < -0.39 is 12.1 Å². The quantitative estimate of drug-likeness (QED) is 0.457. The lowest BCUT2D eigenvalue weighted by molar-refractivity contribution is -0.143. The number of ether oxygens (including phenoxy) is 2. The number of nitrogens with zero attached hydrogens (tertiary/aromatic N) is 5. The van der Waals surface area contributed by atoms with Crippen LogP contribution in [-0.4, -0.2) is 55.2 Å². The van der Waals surface area contributed by atoms with Gasteiger partial charge in [0.15, 0.2) is 0 Å². The largest absolute Gasteiger partial charge is 0.488 e. The highest BCUT2D eigenvalue weighted by Gasteiger charge is 2.29. The van der Waals surface area contributed by atoms with E-state index in [9.17, 15) is 14.7 Å². The number of hydrogen-bond donors (Lipinski definition) is 1. The fourth-order valence-corrected chi connectivity index (χ4v) is 4.54. The van der Waals surface area contributed by atoms with Gasteiger partial charge in [-0.05, 0) is 49.8 Å². The summed E-state index contributed by atoms with van der Waals surface area (Å²) in [6.07, 6.45) is 2.88. The van der Waals surface area contributed by atoms with E-state index in [2.05, 4.69) is 10.3 Å². The molecular formula is C27H33N5O5. The maximum atomic E-state index is 12.6. The number of aryl methyl sites for hydroxylation is 2. The third-order valence-corrected chi connectivity index (χ3v) is 6.63. The number of hydrogen-bond acceptors (Lipinski definition) is 7. The maximum Gasteiger partial charge on any atom is 0.410 e. The van der Waals surface area contributed by atoms with Crippen LogP contribution in [0.1, 0.15) is 49.6 Å². The first-order chi connectivity index (χ1) is 17.9. The first-order valence-electron chi connectivity index (χ1n) is 12.6. The van der Waals surface area contributed by atoms with Gasteiger partial charge in [-0.1, -0.05) is 42.5 Å². The fourth-order valence-electron chi connectivity index (χ4n) is 4.54. The summed E-state index contributed by atoms with van der Waals surface area (Å²) in [5, 5.41) is 17.8. The second kappa shape index (κ2) is 11.9. The van der Waals surface area contributed by atoms with Crippen molar-refractivity contribution in [1.29, 1.82) is 0 Å². The van der Waals surface area contributed by atoms with Gasteiger partial charge in [-0.2, -0.15) is 0 Å². The van der Waals surface area contributed by atoms with Crippen LogP contribution in [0.5, 0.6) is 5.75 Å². The Morgan fingerprint density at radius 1 is 1.16 bits per heavy atom. The number of carboxylic acids is 1. The SMILES string of the molecule is CCc1nc(-c2nnn(C)c2COC(=O)N(C)Cc2ccccc2)ccc1O[C@H]1CCC[C@H](C(=O)O)C1. The third-order valence-electron chi connectivity index (χ3n) is 6.63. The van der Waals surface area contributed by atoms with E-state index in [1.54, 1.807) is 18.8 Å². The zero-order valence-electron chi connectivity index (χ0n) is 21.5. The van der Waals surface area contributed by atoms with Crippen molar-refractivity contribution in [3.05, 3.63) is 59.4 Å². The summed E-state index contributed by atoms with van der Waals surface area (Å²) in [6, 6.07) is 13.4. The van der Waals surface area contributed by atoms with Gasteiger partial charge < -0.3 is 19.5 Å². The molecule has 0 saturated heterocycles. The monoisotopic (exact) mass is 507 g/mol. The fraction of sp³-hybridized carbons (Fsp3) is 0.444. The molecule has 2 heterocycles. The molecule has 0 bridgehead atoms. The van der Waals surface area contributed by atoms with E-state index in [1.165, 1.54) is 4.90 Å². The van der Waals surface area contributed by atoms with Crippen LogP contribution in [0, 0.1) is 5.92 Å². The van der Waals surface area contributed by atoms with Gasteiger partial charge in [-0.25, -0.2) is 14.5 Å². The highest BCUT2D eigenvalue weighted by Crippen LogP contribution is 2.31. The molecule has 4 rings (SSSR count). The standard InChI is InChI=1S/C27H33N5O5/c1-4-21-24(37-20-12-8-11-19(15-20)26(33)34)14-13-22(28-21)25-23(32(3)30-29-25)17-36-27(35)31(2)16-18-9-6-5-7-10-18/h5-7,9-10,13-14,19-20H,4,8,11-12,15-17H2,1-3H3,(H,33,34)/t19-,20-/m0/s1. The molecule has 1 saturated carbocycles. The van der Waals surface area contributed by atoms with E-state index in [0.29, 0.717) is 48.6 Å². The molecule has 37 heavy (non-hydrogen) atoms. The summed E-state index contributed by atoms with van der Waals surface area (Å²) < 4.78 is 13.3. The van der Waals surface area contributed by atoms with Crippen molar-refractivity contribution in [2.75, 3.05) is 7.05 Å². The Balaban J connectivity index is 1.44. The molecule has 2 atom stereocenters. The summed E-state index contributed by atoms with van der Waals surface area (Å²) in [6.45, 7) is 2.42. The Morgan fingerprint density at radius 3 is 2.68 bits per heavy atom. The van der Waals surface area contributed by atoms with Crippen LogP contribution in [0.2, 0.25) is 0 Å². The number of aromatic nitrogens is 4. The van der Waals surface area contributed by atoms with Gasteiger partial charge in [0, 0.05) is 20.6 Å². The van der Waals surface area contributed by atoms with Crippen LogP contribution >= 0.6 is 0 Å². The molecular weight excluding hydrogens is 474 g/mol. The third kappa shape index (κ3) is 6.44. The topological polar surface area (TPSA) is 120 Å². The highest BCUT2D eigenvalue weighted by molar-refractivity contribution is 5.70. The second-order valence-corrected chi connectivity index (χ2v) is 9.34. The molecule has 0 unspecified atom stereocenters. The van der Waals surface area contributed by atoms with Gasteiger partial charge in [0.1, 0.15) is 23.7 Å². The summed E-state index contributed by atoms with van der Waals surface area (Å²) in [4.78, 5) is 30.3. The van der Waals surface area contributed by atoms with Gasteiger partial charge in [0.25, 0.3) is 0 Å². The van der Waals surface area contributed by atoms with Crippen molar-refractivity contribution in [1.82, 2.24) is 24.9 Å². The summed E-state index contributed by atoms with van der Waals surface area (Å²) in [7, 11) is 3.43. The van der Waals surface area contributed by atoms with Gasteiger partial charge in [0.05, 0.1) is 23.4 Å². The van der Waals surface area contributed by atoms with E-state index in [0.717, 1.165) is 24.1 Å². The minimum absolute atomic E-state index is 0.00314. The van der Waals surface area contributed by atoms with E-state index in [4.69, 9.17) is 14.5 Å². The lowest BCUT2D eigenvalue weighted by Gasteiger charge is -2.28. The van der Waals surface area contributed by atoms with Crippen LogP contribution in [0.25, 0.3) is 11.4 Å². The number of aliphatic carboxylic acids is 1. The van der Waals surface area contributed by atoms with E-state index in [1.807, 2.05) is 49.4 Å². The molecule has 1 aliphatic rings. The zero-order valence-corrected chi connectivity index (χ0v) is 21.5. The van der Waals surface area contributed by atoms with Gasteiger partial charge in [-0.3, -0.25) is 4.79 Å². The highest BCUT2D eigenvalue weighted by atomic mass is 16.6. The predicted octanol–water partition coefficient (Wildman–Crippen LogP) is 4.23. The lowest BCUT2D eigenvalue weighted by atomic mass is 9.87. The van der Waals surface area contributed by atoms with Crippen molar-refractivity contribution in [2.45, 2.75) is 58.3 Å². The summed E-state index contributed by atoms with van der Waals surface area (Å²) in [5.41, 5.74) is 3.53. The van der Waals surface area contributed by atoms with E-state index >= 15 is 0 Å². The number of carboxylic acid groups (broad SMARTS) is 1. The molecule has 196 valence electrons. The summed E-state index contributed by atoms with van der Waals surface area (Å²) in [5.74, 6) is -0.478. The Kier molecular flexibility index (Phi) is 8.37. The van der Waals surface area contributed by atoms with E-state index in [-0.39, 0.29) is 18.6 Å². The average molecular weight is 508 g/mol. The average Bonchev–Trinajstić information content (AvgIpc) is 3.28. The van der Waals surface area contributed by atoms with Crippen molar-refractivity contribution in [3.8, 4) is 17.1 Å². The van der Waals surface area contributed by atoms with Crippen LogP contribution < -0.4 is 4.74 Å². The minimum Gasteiger partial charge on any atom is -0.488 e. The Labute approximate surface area is 216 Å². The van der Waals surface area contributed by atoms with Gasteiger partial charge >= 0.3 is 12.1 Å². The zero-order chi connectivity index (χ0) is 26.4. The molecule has 1 aromatic carbocycles. The molecule has 0 aliphatic heterocycles. The number of carbonyl (C=O) groups excluding carboxylic acids is 1. The smallest absolute Gasteiger partial charge is 0.410 e. The van der Waals surface area contributed by atoms with Crippen molar-refractivity contribution < 1.29 is 24.2 Å². The Morgan fingerprint density at radius 2 is 1.95 bits per heavy atom. The van der Waals surface area contributed by atoms with Crippen molar-refractivity contribution >= 4 is 12.1 Å². The number of benzene rings is 1. The number of rotatable bonds is 9. The minimum atomic E-state index is -0.764.